The fourth-order valence-electron chi connectivity index (χ4n) is 4.93. The van der Waals surface area contributed by atoms with Crippen molar-refractivity contribution >= 4 is 28.6 Å². The Morgan fingerprint density at radius 1 is 1.10 bits per heavy atom. The maximum absolute atomic E-state index is 13.2. The molecule has 5 rings (SSSR count). The van der Waals surface area contributed by atoms with Crippen LogP contribution in [0, 0.1) is 5.92 Å². The average molecular weight is 438 g/mol. The Balaban J connectivity index is 1.22. The normalized spacial score (nSPS) is 22.1. The van der Waals surface area contributed by atoms with Gasteiger partial charge in [-0.3, -0.25) is 9.69 Å². The Morgan fingerprint density at radius 3 is 2.83 bits per heavy atom. The zero-order chi connectivity index (χ0) is 20.3. The third-order valence-corrected chi connectivity index (χ3v) is 8.04. The molecule has 0 radical (unpaired) electrons. The lowest BCUT2D eigenvalue weighted by Crippen LogP contribution is -2.55. The molecular formula is C24H27N3OS2. The number of aromatic nitrogens is 1. The van der Waals surface area contributed by atoms with Crippen molar-refractivity contribution in [1.29, 1.82) is 0 Å². The molecule has 4 nitrogen and oxygen atoms in total. The standard InChI is InChI=1S/C24H27N3OS2/c28-23(13-21-17-30-24(25-21)19-5-2-1-3-6-19)27-10-4-7-20-15-26(11-8-22(20)27)14-18-9-12-29-16-18/h1-3,5-6,9,12,16-17,20,22H,4,7-8,10-11,13-15H2/t20-,22-/m1/s1. The molecule has 2 saturated heterocycles. The summed E-state index contributed by atoms with van der Waals surface area (Å²) in [6, 6.07) is 12.8. The van der Waals surface area contributed by atoms with Gasteiger partial charge < -0.3 is 4.90 Å². The van der Waals surface area contributed by atoms with E-state index in [0.29, 0.717) is 18.4 Å². The number of amides is 1. The van der Waals surface area contributed by atoms with Gasteiger partial charge >= 0.3 is 0 Å². The van der Waals surface area contributed by atoms with Gasteiger partial charge in [0.05, 0.1) is 12.1 Å². The van der Waals surface area contributed by atoms with E-state index >= 15 is 0 Å². The van der Waals surface area contributed by atoms with Crippen LogP contribution in [0.4, 0.5) is 0 Å². The molecule has 30 heavy (non-hydrogen) atoms. The largest absolute Gasteiger partial charge is 0.339 e. The number of rotatable bonds is 5. The minimum atomic E-state index is 0.251. The molecule has 2 aliphatic heterocycles. The Labute approximate surface area is 186 Å². The van der Waals surface area contributed by atoms with Crippen molar-refractivity contribution in [2.24, 2.45) is 5.92 Å². The first-order chi connectivity index (χ1) is 14.8. The summed E-state index contributed by atoms with van der Waals surface area (Å²) in [6.45, 7) is 4.14. The van der Waals surface area contributed by atoms with Crippen molar-refractivity contribution in [3.05, 3.63) is 63.8 Å². The molecule has 1 amide bonds. The summed E-state index contributed by atoms with van der Waals surface area (Å²) in [6.07, 6.45) is 3.87. The number of thiophene rings is 1. The van der Waals surface area contributed by atoms with Crippen LogP contribution in [0.5, 0.6) is 0 Å². The minimum absolute atomic E-state index is 0.251. The molecule has 4 heterocycles. The predicted octanol–water partition coefficient (Wildman–Crippen LogP) is 4.93. The van der Waals surface area contributed by atoms with Gasteiger partial charge in [0.2, 0.25) is 5.91 Å². The summed E-state index contributed by atoms with van der Waals surface area (Å²) in [4.78, 5) is 22.7. The molecule has 156 valence electrons. The van der Waals surface area contributed by atoms with E-state index in [1.807, 2.05) is 23.6 Å². The van der Waals surface area contributed by atoms with Crippen molar-refractivity contribution in [3.8, 4) is 10.6 Å². The summed E-state index contributed by atoms with van der Waals surface area (Å²) >= 11 is 3.40. The number of likely N-dealkylation sites (tertiary alicyclic amines) is 2. The van der Waals surface area contributed by atoms with Gasteiger partial charge in [0.25, 0.3) is 0 Å². The van der Waals surface area contributed by atoms with Gasteiger partial charge in [0.15, 0.2) is 0 Å². The van der Waals surface area contributed by atoms with Crippen molar-refractivity contribution < 1.29 is 4.79 Å². The van der Waals surface area contributed by atoms with Crippen LogP contribution in [0.2, 0.25) is 0 Å². The monoisotopic (exact) mass is 437 g/mol. The molecule has 6 heteroatoms. The predicted molar refractivity (Wildman–Crippen MR) is 124 cm³/mol. The second-order valence-electron chi connectivity index (χ2n) is 8.40. The molecule has 2 fully saturated rings. The maximum atomic E-state index is 13.2. The molecule has 1 aromatic carbocycles. The second-order valence-corrected chi connectivity index (χ2v) is 10.0. The van der Waals surface area contributed by atoms with E-state index < -0.39 is 0 Å². The van der Waals surface area contributed by atoms with Crippen LogP contribution in [-0.2, 0) is 17.8 Å². The average Bonchev–Trinajstić information content (AvgIpc) is 3.46. The number of carbonyl (C=O) groups is 1. The molecule has 0 N–H and O–H groups in total. The van der Waals surface area contributed by atoms with Gasteiger partial charge in [-0.1, -0.05) is 30.3 Å². The second kappa shape index (κ2) is 9.00. The van der Waals surface area contributed by atoms with E-state index in [2.05, 4.69) is 38.8 Å². The molecule has 0 spiro atoms. The van der Waals surface area contributed by atoms with Crippen LogP contribution in [0.1, 0.15) is 30.5 Å². The van der Waals surface area contributed by atoms with E-state index in [1.54, 1.807) is 22.7 Å². The van der Waals surface area contributed by atoms with Crippen LogP contribution >= 0.6 is 22.7 Å². The summed E-state index contributed by atoms with van der Waals surface area (Å²) in [7, 11) is 0. The lowest BCUT2D eigenvalue weighted by atomic mass is 9.83. The molecular weight excluding hydrogens is 410 g/mol. The quantitative estimate of drug-likeness (QED) is 0.568. The molecule has 2 atom stereocenters. The third-order valence-electron chi connectivity index (χ3n) is 6.36. The first kappa shape index (κ1) is 19.9. The van der Waals surface area contributed by atoms with Gasteiger partial charge in [0, 0.05) is 43.2 Å². The number of piperidine rings is 2. The fraction of sp³-hybridized carbons (Fsp3) is 0.417. The lowest BCUT2D eigenvalue weighted by molar-refractivity contribution is -0.137. The Morgan fingerprint density at radius 2 is 2.00 bits per heavy atom. The molecule has 0 bridgehead atoms. The first-order valence-electron chi connectivity index (χ1n) is 10.8. The van der Waals surface area contributed by atoms with Gasteiger partial charge in [-0.2, -0.15) is 11.3 Å². The highest BCUT2D eigenvalue weighted by Gasteiger charge is 2.38. The van der Waals surface area contributed by atoms with Gasteiger partial charge in [0.1, 0.15) is 5.01 Å². The minimum Gasteiger partial charge on any atom is -0.339 e. The molecule has 0 aliphatic carbocycles. The Bertz CT molecular complexity index is 970. The van der Waals surface area contributed by atoms with Crippen molar-refractivity contribution in [2.45, 2.75) is 38.3 Å². The van der Waals surface area contributed by atoms with Crippen LogP contribution in [0.15, 0.2) is 52.5 Å². The zero-order valence-corrected chi connectivity index (χ0v) is 18.7. The van der Waals surface area contributed by atoms with Crippen LogP contribution in [-0.4, -0.2) is 46.4 Å². The third kappa shape index (κ3) is 4.36. The fourth-order valence-corrected chi connectivity index (χ4v) is 6.42. The number of benzene rings is 1. The highest BCUT2D eigenvalue weighted by atomic mass is 32.1. The van der Waals surface area contributed by atoms with Crippen LogP contribution in [0.3, 0.4) is 0 Å². The number of hydrogen-bond acceptors (Lipinski definition) is 5. The van der Waals surface area contributed by atoms with Gasteiger partial charge in [-0.25, -0.2) is 4.98 Å². The van der Waals surface area contributed by atoms with Crippen LogP contribution in [0.25, 0.3) is 10.6 Å². The smallest absolute Gasteiger partial charge is 0.228 e. The van der Waals surface area contributed by atoms with Crippen molar-refractivity contribution in [3.63, 3.8) is 0 Å². The van der Waals surface area contributed by atoms with E-state index in [9.17, 15) is 4.79 Å². The molecule has 3 aromatic rings. The van der Waals surface area contributed by atoms with Gasteiger partial charge in [-0.05, 0) is 47.6 Å². The Hall–Kier alpha value is -2.02. The SMILES string of the molecule is O=C(Cc1csc(-c2ccccc2)n1)N1CCC[C@@H]2CN(Cc3ccsc3)CC[C@H]21. The topological polar surface area (TPSA) is 36.4 Å². The summed E-state index contributed by atoms with van der Waals surface area (Å²) in [5, 5.41) is 7.45. The molecule has 0 unspecified atom stereocenters. The van der Waals surface area contributed by atoms with Crippen LogP contribution < -0.4 is 0 Å². The number of fused-ring (bicyclic) bond motifs is 1. The molecule has 0 saturated carbocycles. The Kier molecular flexibility index (Phi) is 5.97. The number of nitrogens with zero attached hydrogens (tertiary/aromatic N) is 3. The van der Waals surface area contributed by atoms with Crippen molar-refractivity contribution in [2.75, 3.05) is 19.6 Å². The van der Waals surface area contributed by atoms with Crippen molar-refractivity contribution in [1.82, 2.24) is 14.8 Å². The summed E-state index contributed by atoms with van der Waals surface area (Å²) in [5.74, 6) is 0.853. The lowest BCUT2D eigenvalue weighted by Gasteiger charge is -2.47. The van der Waals surface area contributed by atoms with E-state index in [4.69, 9.17) is 4.98 Å². The highest BCUT2D eigenvalue weighted by Crippen LogP contribution is 2.32. The maximum Gasteiger partial charge on any atom is 0.228 e. The highest BCUT2D eigenvalue weighted by molar-refractivity contribution is 7.13. The number of carbonyl (C=O) groups excluding carboxylic acids is 1. The molecule has 2 aromatic heterocycles. The van der Waals surface area contributed by atoms with Gasteiger partial charge in [-0.15, -0.1) is 11.3 Å². The summed E-state index contributed by atoms with van der Waals surface area (Å²) < 4.78 is 0. The zero-order valence-electron chi connectivity index (χ0n) is 17.1. The van der Waals surface area contributed by atoms with E-state index in [1.165, 1.54) is 12.0 Å². The first-order valence-corrected chi connectivity index (χ1v) is 12.6. The van der Waals surface area contributed by atoms with E-state index in [0.717, 1.165) is 55.3 Å². The summed E-state index contributed by atoms with van der Waals surface area (Å²) in [5.41, 5.74) is 3.44. The molecule has 2 aliphatic rings. The number of hydrogen-bond donors (Lipinski definition) is 0. The van der Waals surface area contributed by atoms with E-state index in [-0.39, 0.29) is 5.91 Å². The number of thiazole rings is 1.